The van der Waals surface area contributed by atoms with Crippen molar-refractivity contribution in [1.82, 2.24) is 10.3 Å². The minimum atomic E-state index is -5.23. The number of benzene rings is 2. The Morgan fingerprint density at radius 3 is 2.38 bits per heavy atom. The van der Waals surface area contributed by atoms with E-state index in [1.807, 2.05) is 0 Å². The number of alkyl halides is 3. The van der Waals surface area contributed by atoms with E-state index in [-0.39, 0.29) is 47.6 Å². The van der Waals surface area contributed by atoms with Crippen LogP contribution < -0.4 is 25.3 Å². The lowest BCUT2D eigenvalue weighted by atomic mass is 9.96. The lowest BCUT2D eigenvalue weighted by Gasteiger charge is -2.30. The van der Waals surface area contributed by atoms with E-state index in [0.717, 1.165) is 31.0 Å². The molecule has 1 heterocycles. The SMILES string of the molecule is COc1cc(C(=O)NCC(O)(c2ccc(OCCN)c(-c3ccc(F)cc3)n2)C(F)(F)F)ccc1OC1CC1. The van der Waals surface area contributed by atoms with Crippen LogP contribution in [0.5, 0.6) is 17.2 Å². The van der Waals surface area contributed by atoms with Gasteiger partial charge >= 0.3 is 6.18 Å². The average Bonchev–Trinajstić information content (AvgIpc) is 3.74. The molecule has 1 amide bonds. The van der Waals surface area contributed by atoms with Gasteiger partial charge in [0.05, 0.1) is 25.5 Å². The maximum absolute atomic E-state index is 14.3. The van der Waals surface area contributed by atoms with Gasteiger partial charge in [0.2, 0.25) is 5.60 Å². The molecule has 12 heteroatoms. The Morgan fingerprint density at radius 2 is 1.77 bits per heavy atom. The summed E-state index contributed by atoms with van der Waals surface area (Å²) in [4.78, 5) is 16.8. The molecule has 1 fully saturated rings. The Morgan fingerprint density at radius 1 is 1.08 bits per heavy atom. The van der Waals surface area contributed by atoms with E-state index in [1.165, 1.54) is 43.5 Å². The first-order valence-electron chi connectivity index (χ1n) is 12.1. The molecular formula is C27H27F4N3O5. The number of aliphatic hydroxyl groups is 1. The maximum Gasteiger partial charge on any atom is 0.424 e. The predicted molar refractivity (Wildman–Crippen MR) is 133 cm³/mol. The Kier molecular flexibility index (Phi) is 8.26. The third-order valence-corrected chi connectivity index (χ3v) is 5.99. The van der Waals surface area contributed by atoms with Crippen molar-refractivity contribution in [2.24, 2.45) is 5.73 Å². The molecular weight excluding hydrogens is 522 g/mol. The Labute approximate surface area is 221 Å². The first-order valence-corrected chi connectivity index (χ1v) is 12.1. The molecule has 0 spiro atoms. The van der Waals surface area contributed by atoms with Crippen molar-refractivity contribution in [2.75, 3.05) is 26.8 Å². The molecule has 4 N–H and O–H groups in total. The van der Waals surface area contributed by atoms with E-state index in [9.17, 15) is 27.5 Å². The summed E-state index contributed by atoms with van der Waals surface area (Å²) >= 11 is 0. The Bertz CT molecular complexity index is 1320. The third-order valence-electron chi connectivity index (χ3n) is 5.99. The number of hydrogen-bond acceptors (Lipinski definition) is 7. The zero-order valence-corrected chi connectivity index (χ0v) is 20.9. The van der Waals surface area contributed by atoms with Gasteiger partial charge in [0.25, 0.3) is 5.91 Å². The average molecular weight is 550 g/mol. The van der Waals surface area contributed by atoms with Crippen molar-refractivity contribution < 1.29 is 41.7 Å². The van der Waals surface area contributed by atoms with Crippen LogP contribution in [0.4, 0.5) is 17.6 Å². The second-order valence-corrected chi connectivity index (χ2v) is 8.91. The van der Waals surface area contributed by atoms with E-state index >= 15 is 0 Å². The van der Waals surface area contributed by atoms with Crippen molar-refractivity contribution in [1.29, 1.82) is 0 Å². The zero-order valence-electron chi connectivity index (χ0n) is 20.9. The molecule has 39 heavy (non-hydrogen) atoms. The minimum absolute atomic E-state index is 0.00464. The van der Waals surface area contributed by atoms with Gasteiger partial charge in [-0.05, 0) is 67.4 Å². The molecule has 0 aliphatic heterocycles. The molecule has 1 unspecified atom stereocenters. The first kappa shape index (κ1) is 28.1. The lowest BCUT2D eigenvalue weighted by molar-refractivity contribution is -0.265. The van der Waals surface area contributed by atoms with Crippen LogP contribution in [0.3, 0.4) is 0 Å². The number of ether oxygens (including phenoxy) is 3. The number of nitrogens with two attached hydrogens (primary N) is 1. The first-order chi connectivity index (χ1) is 18.6. The summed E-state index contributed by atoms with van der Waals surface area (Å²) in [6.07, 6.45) is -3.36. The van der Waals surface area contributed by atoms with E-state index in [2.05, 4.69) is 10.3 Å². The number of rotatable bonds is 11. The smallest absolute Gasteiger partial charge is 0.424 e. The lowest BCUT2D eigenvalue weighted by Crippen LogP contribution is -2.51. The number of carbonyl (C=O) groups is 1. The number of halogens is 4. The van der Waals surface area contributed by atoms with Crippen LogP contribution in [0.2, 0.25) is 0 Å². The quantitative estimate of drug-likeness (QED) is 0.310. The monoisotopic (exact) mass is 549 g/mol. The van der Waals surface area contributed by atoms with Gasteiger partial charge in [0.1, 0.15) is 23.9 Å². The molecule has 8 nitrogen and oxygen atoms in total. The molecule has 0 bridgehead atoms. The van der Waals surface area contributed by atoms with Crippen LogP contribution in [0, 0.1) is 5.82 Å². The number of pyridine rings is 1. The molecule has 1 atom stereocenters. The van der Waals surface area contributed by atoms with Crippen LogP contribution in [-0.4, -0.2) is 55.1 Å². The van der Waals surface area contributed by atoms with Crippen LogP contribution in [-0.2, 0) is 5.60 Å². The second-order valence-electron chi connectivity index (χ2n) is 8.91. The van der Waals surface area contributed by atoms with Crippen molar-refractivity contribution in [3.05, 3.63) is 71.7 Å². The molecule has 1 saturated carbocycles. The number of carbonyl (C=O) groups excluding carboxylic acids is 1. The van der Waals surface area contributed by atoms with E-state index in [1.54, 1.807) is 0 Å². The van der Waals surface area contributed by atoms with Crippen molar-refractivity contribution in [3.8, 4) is 28.5 Å². The molecule has 4 rings (SSSR count). The third kappa shape index (κ3) is 6.40. The molecule has 0 saturated heterocycles. The van der Waals surface area contributed by atoms with Crippen molar-refractivity contribution in [3.63, 3.8) is 0 Å². The molecule has 3 aromatic rings. The highest BCUT2D eigenvalue weighted by molar-refractivity contribution is 5.95. The maximum atomic E-state index is 14.3. The number of methoxy groups -OCH3 is 1. The molecule has 2 aromatic carbocycles. The van der Waals surface area contributed by atoms with Gasteiger partial charge in [0.15, 0.2) is 11.5 Å². The van der Waals surface area contributed by atoms with Crippen LogP contribution in [0.1, 0.15) is 28.9 Å². The van der Waals surface area contributed by atoms with Gasteiger partial charge in [-0.15, -0.1) is 0 Å². The molecule has 1 aliphatic carbocycles. The fourth-order valence-electron chi connectivity index (χ4n) is 3.69. The fraction of sp³-hybridized carbons (Fsp3) is 0.333. The highest BCUT2D eigenvalue weighted by Gasteiger charge is 2.56. The highest BCUT2D eigenvalue weighted by Crippen LogP contribution is 2.40. The Balaban J connectivity index is 1.62. The molecule has 0 radical (unpaired) electrons. The van der Waals surface area contributed by atoms with Crippen LogP contribution >= 0.6 is 0 Å². The van der Waals surface area contributed by atoms with Crippen molar-refractivity contribution >= 4 is 5.91 Å². The predicted octanol–water partition coefficient (Wildman–Crippen LogP) is 3.95. The van der Waals surface area contributed by atoms with Gasteiger partial charge in [-0.3, -0.25) is 4.79 Å². The summed E-state index contributed by atoms with van der Waals surface area (Å²) in [5.74, 6) is -0.685. The van der Waals surface area contributed by atoms with Crippen LogP contribution in [0.15, 0.2) is 54.6 Å². The molecule has 1 aliphatic rings. The zero-order chi connectivity index (χ0) is 28.2. The summed E-state index contributed by atoms with van der Waals surface area (Å²) < 4.78 is 72.7. The van der Waals surface area contributed by atoms with Gasteiger partial charge in [-0.2, -0.15) is 13.2 Å². The molecule has 1 aromatic heterocycles. The summed E-state index contributed by atoms with van der Waals surface area (Å²) in [5.41, 5.74) is 1.30. The molecule has 208 valence electrons. The fourth-order valence-corrected chi connectivity index (χ4v) is 3.69. The van der Waals surface area contributed by atoms with Gasteiger partial charge in [-0.25, -0.2) is 9.37 Å². The normalized spacial score (nSPS) is 14.8. The summed E-state index contributed by atoms with van der Waals surface area (Å²) in [6.45, 7) is -1.07. The van der Waals surface area contributed by atoms with Crippen molar-refractivity contribution in [2.45, 2.75) is 30.7 Å². The van der Waals surface area contributed by atoms with E-state index in [0.29, 0.717) is 5.75 Å². The standard InChI is InChI=1S/C27H27F4N3O5/c1-37-22-14-17(4-9-20(22)39-19-7-8-19)25(35)33-15-26(36,27(29,30)31)23-11-10-21(38-13-12-32)24(34-23)16-2-5-18(28)6-3-16/h2-6,9-11,14,19,36H,7-8,12-13,15,32H2,1H3,(H,33,35). The number of amides is 1. The second kappa shape index (κ2) is 11.5. The largest absolute Gasteiger partial charge is 0.493 e. The summed E-state index contributed by atoms with van der Waals surface area (Å²) in [7, 11) is 1.38. The van der Waals surface area contributed by atoms with Crippen LogP contribution in [0.25, 0.3) is 11.3 Å². The minimum Gasteiger partial charge on any atom is -0.493 e. The number of aromatic nitrogens is 1. The number of nitrogens with one attached hydrogen (secondary N) is 1. The van der Waals surface area contributed by atoms with Gasteiger partial charge in [-0.1, -0.05) is 0 Å². The summed E-state index contributed by atoms with van der Waals surface area (Å²) in [6, 6.07) is 11.2. The summed E-state index contributed by atoms with van der Waals surface area (Å²) in [5, 5.41) is 13.0. The highest BCUT2D eigenvalue weighted by atomic mass is 19.4. The number of nitrogens with zero attached hydrogens (tertiary/aromatic N) is 1. The van der Waals surface area contributed by atoms with Gasteiger partial charge < -0.3 is 30.4 Å². The van der Waals surface area contributed by atoms with E-state index in [4.69, 9.17) is 19.9 Å². The Hall–Kier alpha value is -3.90. The topological polar surface area (TPSA) is 116 Å². The van der Waals surface area contributed by atoms with Gasteiger partial charge in [0, 0.05) is 17.7 Å². The van der Waals surface area contributed by atoms with E-state index < -0.39 is 35.7 Å². The number of hydrogen-bond donors (Lipinski definition) is 3.